The van der Waals surface area contributed by atoms with Crippen LogP contribution in [0.2, 0.25) is 0 Å². The van der Waals surface area contributed by atoms with Crippen LogP contribution in [0.4, 0.5) is 0 Å². The van der Waals surface area contributed by atoms with Crippen LogP contribution >= 0.6 is 0 Å². The molecule has 0 rings (SSSR count). The summed E-state index contributed by atoms with van der Waals surface area (Å²) in [4.78, 5) is 37.6. The zero-order chi connectivity index (χ0) is 45.8. The number of carbonyl (C=O) groups excluding carboxylic acids is 3. The molecule has 0 aliphatic carbocycles. The number of carbonyl (C=O) groups is 3. The van der Waals surface area contributed by atoms with Crippen molar-refractivity contribution in [2.75, 3.05) is 13.2 Å². The molecule has 0 aromatic heterocycles. The molecule has 0 N–H and O–H groups in total. The summed E-state index contributed by atoms with van der Waals surface area (Å²) >= 11 is 0. The Kier molecular flexibility index (Phi) is 50.8. The lowest BCUT2D eigenvalue weighted by Crippen LogP contribution is -2.30. The molecule has 0 saturated heterocycles. The minimum absolute atomic E-state index is 0.0664. The summed E-state index contributed by atoms with van der Waals surface area (Å²) in [6.45, 7) is 6.56. The summed E-state index contributed by atoms with van der Waals surface area (Å²) in [5.41, 5.74) is 0. The Morgan fingerprint density at radius 3 is 0.873 bits per heavy atom. The van der Waals surface area contributed by atoms with Crippen molar-refractivity contribution in [1.82, 2.24) is 0 Å². The number of hydrogen-bond donors (Lipinski definition) is 0. The van der Waals surface area contributed by atoms with Gasteiger partial charge < -0.3 is 14.2 Å². The van der Waals surface area contributed by atoms with Gasteiger partial charge in [0.25, 0.3) is 0 Å². The number of esters is 3. The van der Waals surface area contributed by atoms with E-state index in [1.54, 1.807) is 0 Å². The van der Waals surface area contributed by atoms with E-state index in [0.29, 0.717) is 19.3 Å². The number of unbranched alkanes of at least 4 members (excludes halogenated alkanes) is 36. The standard InChI is InChI=1S/C57H106O6/c1-4-7-10-13-16-18-19-20-21-22-23-24-25-26-27-28-29-30-31-32-33-34-35-36-37-38-39-40-42-44-47-50-56(59)62-53-54(52-61-55(58)49-46-43-15-12-9-6-3)63-57(60)51-48-45-41-17-14-11-8-5-2/h19-20,22-23,54H,4-18,21,24-53H2,1-3H3/b20-19-,23-22-. The van der Waals surface area contributed by atoms with Crippen LogP contribution in [-0.4, -0.2) is 37.2 Å². The molecule has 0 aliphatic heterocycles. The van der Waals surface area contributed by atoms with Gasteiger partial charge >= 0.3 is 17.9 Å². The van der Waals surface area contributed by atoms with Gasteiger partial charge in [-0.05, 0) is 51.4 Å². The number of ether oxygens (including phenoxy) is 3. The maximum absolute atomic E-state index is 12.6. The van der Waals surface area contributed by atoms with Crippen LogP contribution in [0.3, 0.4) is 0 Å². The van der Waals surface area contributed by atoms with Crippen molar-refractivity contribution >= 4 is 17.9 Å². The van der Waals surface area contributed by atoms with Gasteiger partial charge in [-0.15, -0.1) is 0 Å². The molecule has 0 amide bonds. The molecule has 0 spiro atoms. The van der Waals surface area contributed by atoms with Crippen molar-refractivity contribution in [2.45, 2.75) is 309 Å². The van der Waals surface area contributed by atoms with Crippen LogP contribution in [0.1, 0.15) is 303 Å². The van der Waals surface area contributed by atoms with Crippen molar-refractivity contribution < 1.29 is 28.6 Å². The summed E-state index contributed by atoms with van der Waals surface area (Å²) in [6, 6.07) is 0. The van der Waals surface area contributed by atoms with Crippen LogP contribution in [0, 0.1) is 0 Å². The predicted octanol–water partition coefficient (Wildman–Crippen LogP) is 18.3. The fraction of sp³-hybridized carbons (Fsp3) is 0.877. The Morgan fingerprint density at radius 2 is 0.571 bits per heavy atom. The largest absolute Gasteiger partial charge is 0.462 e. The van der Waals surface area contributed by atoms with Gasteiger partial charge in [0.2, 0.25) is 0 Å². The van der Waals surface area contributed by atoms with E-state index in [4.69, 9.17) is 14.2 Å². The van der Waals surface area contributed by atoms with Crippen LogP contribution < -0.4 is 0 Å². The lowest BCUT2D eigenvalue weighted by molar-refractivity contribution is -0.167. The van der Waals surface area contributed by atoms with E-state index in [2.05, 4.69) is 45.1 Å². The van der Waals surface area contributed by atoms with E-state index < -0.39 is 6.10 Å². The minimum Gasteiger partial charge on any atom is -0.462 e. The third-order valence-electron chi connectivity index (χ3n) is 12.5. The monoisotopic (exact) mass is 887 g/mol. The second-order valence-electron chi connectivity index (χ2n) is 18.9. The minimum atomic E-state index is -0.760. The van der Waals surface area contributed by atoms with Gasteiger partial charge in [-0.1, -0.05) is 257 Å². The molecule has 0 radical (unpaired) electrons. The Morgan fingerprint density at radius 1 is 0.317 bits per heavy atom. The highest BCUT2D eigenvalue weighted by Gasteiger charge is 2.19. The zero-order valence-electron chi connectivity index (χ0n) is 42.4. The molecular formula is C57H106O6. The average molecular weight is 887 g/mol. The van der Waals surface area contributed by atoms with E-state index in [9.17, 15) is 14.4 Å². The topological polar surface area (TPSA) is 78.9 Å². The average Bonchev–Trinajstić information content (AvgIpc) is 3.28. The molecule has 0 fully saturated rings. The normalized spacial score (nSPS) is 12.1. The van der Waals surface area contributed by atoms with Crippen LogP contribution in [-0.2, 0) is 28.6 Å². The van der Waals surface area contributed by atoms with Crippen molar-refractivity contribution in [3.63, 3.8) is 0 Å². The van der Waals surface area contributed by atoms with Gasteiger partial charge in [0, 0.05) is 19.3 Å². The fourth-order valence-electron chi connectivity index (χ4n) is 8.24. The maximum atomic E-state index is 12.6. The lowest BCUT2D eigenvalue weighted by atomic mass is 10.0. The Balaban J connectivity index is 3.84. The zero-order valence-corrected chi connectivity index (χ0v) is 42.4. The van der Waals surface area contributed by atoms with Gasteiger partial charge in [0.1, 0.15) is 13.2 Å². The van der Waals surface area contributed by atoms with Crippen molar-refractivity contribution in [3.05, 3.63) is 24.3 Å². The predicted molar refractivity (Wildman–Crippen MR) is 270 cm³/mol. The molecule has 370 valence electrons. The Bertz CT molecular complexity index is 1020. The Labute approximate surface area is 392 Å². The van der Waals surface area contributed by atoms with Crippen LogP contribution in [0.15, 0.2) is 24.3 Å². The summed E-state index contributed by atoms with van der Waals surface area (Å²) < 4.78 is 16.6. The second-order valence-corrected chi connectivity index (χ2v) is 18.9. The first-order chi connectivity index (χ1) is 31.0. The van der Waals surface area contributed by atoms with Gasteiger partial charge in [-0.25, -0.2) is 0 Å². The summed E-state index contributed by atoms with van der Waals surface area (Å²) in [5, 5.41) is 0. The maximum Gasteiger partial charge on any atom is 0.306 e. The fourth-order valence-corrected chi connectivity index (χ4v) is 8.24. The quantitative estimate of drug-likeness (QED) is 0.0262. The Hall–Kier alpha value is -2.11. The first kappa shape index (κ1) is 60.9. The molecule has 0 bridgehead atoms. The van der Waals surface area contributed by atoms with E-state index in [0.717, 1.165) is 64.2 Å². The molecule has 1 atom stereocenters. The van der Waals surface area contributed by atoms with Crippen molar-refractivity contribution in [1.29, 1.82) is 0 Å². The van der Waals surface area contributed by atoms with Gasteiger partial charge in [0.15, 0.2) is 6.10 Å². The molecule has 1 unspecified atom stereocenters. The third kappa shape index (κ3) is 50.7. The summed E-state index contributed by atoms with van der Waals surface area (Å²) in [5.74, 6) is -0.868. The first-order valence-electron chi connectivity index (χ1n) is 27.8. The summed E-state index contributed by atoms with van der Waals surface area (Å²) in [6.07, 6.45) is 60.9. The number of hydrogen-bond acceptors (Lipinski definition) is 6. The van der Waals surface area contributed by atoms with Crippen LogP contribution in [0.25, 0.3) is 0 Å². The highest BCUT2D eigenvalue weighted by Crippen LogP contribution is 2.17. The highest BCUT2D eigenvalue weighted by molar-refractivity contribution is 5.71. The van der Waals surface area contributed by atoms with E-state index in [1.165, 1.54) is 199 Å². The number of allylic oxidation sites excluding steroid dienone is 4. The van der Waals surface area contributed by atoms with Crippen molar-refractivity contribution in [2.24, 2.45) is 0 Å². The molecule has 0 aromatic carbocycles. The highest BCUT2D eigenvalue weighted by atomic mass is 16.6. The smallest absolute Gasteiger partial charge is 0.306 e. The molecule has 0 aromatic rings. The third-order valence-corrected chi connectivity index (χ3v) is 12.5. The van der Waals surface area contributed by atoms with Gasteiger partial charge in [0.05, 0.1) is 0 Å². The van der Waals surface area contributed by atoms with E-state index in [-0.39, 0.29) is 31.1 Å². The SMILES string of the molecule is CCCCCCC/C=C\C/C=C\CCCCCCCCCCCCCCCCCCCCCC(=O)OCC(COC(=O)CCCCCCCC)OC(=O)CCCCCCCCCC. The molecule has 63 heavy (non-hydrogen) atoms. The molecule has 0 aliphatic rings. The number of rotatable bonds is 51. The van der Waals surface area contributed by atoms with Crippen molar-refractivity contribution in [3.8, 4) is 0 Å². The van der Waals surface area contributed by atoms with E-state index in [1.807, 2.05) is 0 Å². The van der Waals surface area contributed by atoms with Crippen LogP contribution in [0.5, 0.6) is 0 Å². The molecule has 6 heteroatoms. The molecule has 0 heterocycles. The second kappa shape index (κ2) is 52.5. The van der Waals surface area contributed by atoms with Gasteiger partial charge in [-0.2, -0.15) is 0 Å². The lowest BCUT2D eigenvalue weighted by Gasteiger charge is -2.18. The summed E-state index contributed by atoms with van der Waals surface area (Å²) in [7, 11) is 0. The first-order valence-corrected chi connectivity index (χ1v) is 27.8. The molecule has 0 saturated carbocycles. The molecule has 6 nitrogen and oxygen atoms in total. The van der Waals surface area contributed by atoms with E-state index >= 15 is 0 Å². The van der Waals surface area contributed by atoms with Gasteiger partial charge in [-0.3, -0.25) is 14.4 Å². The molecular weight excluding hydrogens is 781 g/mol.